The summed E-state index contributed by atoms with van der Waals surface area (Å²) in [5.41, 5.74) is 3.21. The van der Waals surface area contributed by atoms with Gasteiger partial charge in [-0.05, 0) is 19.3 Å². The first kappa shape index (κ1) is 12.4. The molecule has 0 aromatic carbocycles. The lowest BCUT2D eigenvalue weighted by Crippen LogP contribution is -2.33. The van der Waals surface area contributed by atoms with Crippen molar-refractivity contribution in [3.63, 3.8) is 0 Å². The van der Waals surface area contributed by atoms with Crippen LogP contribution < -0.4 is 5.43 Å². The van der Waals surface area contributed by atoms with Gasteiger partial charge in [-0.2, -0.15) is 0 Å². The Hall–Kier alpha value is -0.600. The maximum atomic E-state index is 3.69. The highest BCUT2D eigenvalue weighted by Crippen LogP contribution is 1.96. The van der Waals surface area contributed by atoms with E-state index in [1.165, 1.54) is 6.42 Å². The highest BCUT2D eigenvalue weighted by molar-refractivity contribution is 4.84. The third-order valence-corrected chi connectivity index (χ3v) is 1.75. The first-order chi connectivity index (χ1) is 6.31. The zero-order chi connectivity index (χ0) is 9.94. The SMILES string of the molecule is C=CCCC/C=C/CN(C)NCC. The zero-order valence-corrected chi connectivity index (χ0v) is 8.92. The van der Waals surface area contributed by atoms with Gasteiger partial charge in [-0.1, -0.05) is 25.2 Å². The van der Waals surface area contributed by atoms with Gasteiger partial charge in [0.2, 0.25) is 0 Å². The Balaban J connectivity index is 3.24. The summed E-state index contributed by atoms with van der Waals surface area (Å²) in [6.45, 7) is 7.75. The van der Waals surface area contributed by atoms with Crippen LogP contribution >= 0.6 is 0 Å². The standard InChI is InChI=1S/C11H22N2/c1-4-6-7-8-9-10-11-13(3)12-5-2/h4,9-10,12H,1,5-8,11H2,2-3H3/b10-9+. The van der Waals surface area contributed by atoms with Crippen molar-refractivity contribution in [1.29, 1.82) is 0 Å². The normalized spacial score (nSPS) is 11.3. The highest BCUT2D eigenvalue weighted by Gasteiger charge is 1.88. The maximum Gasteiger partial charge on any atom is 0.0308 e. The van der Waals surface area contributed by atoms with E-state index in [1.54, 1.807) is 0 Å². The van der Waals surface area contributed by atoms with Crippen LogP contribution in [0.4, 0.5) is 0 Å². The summed E-state index contributed by atoms with van der Waals surface area (Å²) in [6.07, 6.45) is 9.89. The second kappa shape index (κ2) is 9.49. The monoisotopic (exact) mass is 182 g/mol. The molecule has 0 atom stereocenters. The van der Waals surface area contributed by atoms with Gasteiger partial charge in [0.1, 0.15) is 0 Å². The largest absolute Gasteiger partial charge is 0.255 e. The summed E-state index contributed by atoms with van der Waals surface area (Å²) in [5, 5.41) is 2.09. The van der Waals surface area contributed by atoms with Crippen LogP contribution in [0.2, 0.25) is 0 Å². The Morgan fingerprint density at radius 2 is 2.08 bits per heavy atom. The Kier molecular flexibility index (Phi) is 9.05. The fraction of sp³-hybridized carbons (Fsp3) is 0.636. The number of rotatable bonds is 8. The minimum atomic E-state index is 0.974. The topological polar surface area (TPSA) is 15.3 Å². The minimum absolute atomic E-state index is 0.974. The molecule has 76 valence electrons. The van der Waals surface area contributed by atoms with E-state index < -0.39 is 0 Å². The second-order valence-corrected chi connectivity index (χ2v) is 3.08. The number of hydrogen-bond donors (Lipinski definition) is 1. The van der Waals surface area contributed by atoms with E-state index >= 15 is 0 Å². The number of hydrogen-bond acceptors (Lipinski definition) is 2. The summed E-state index contributed by atoms with van der Waals surface area (Å²) in [5.74, 6) is 0. The third-order valence-electron chi connectivity index (χ3n) is 1.75. The first-order valence-corrected chi connectivity index (χ1v) is 5.01. The predicted octanol–water partition coefficient (Wildman–Crippen LogP) is 2.36. The Bertz CT molecular complexity index is 141. The van der Waals surface area contributed by atoms with Crippen molar-refractivity contribution in [3.8, 4) is 0 Å². The maximum absolute atomic E-state index is 3.69. The molecule has 0 bridgehead atoms. The summed E-state index contributed by atoms with van der Waals surface area (Å²) in [7, 11) is 2.05. The first-order valence-electron chi connectivity index (χ1n) is 5.01. The Morgan fingerprint density at radius 1 is 1.31 bits per heavy atom. The molecule has 0 aromatic rings. The van der Waals surface area contributed by atoms with E-state index in [2.05, 4.69) is 43.1 Å². The van der Waals surface area contributed by atoms with Gasteiger partial charge < -0.3 is 0 Å². The summed E-state index contributed by atoms with van der Waals surface area (Å²) in [4.78, 5) is 0. The summed E-state index contributed by atoms with van der Waals surface area (Å²) in [6, 6.07) is 0. The molecule has 0 heterocycles. The summed E-state index contributed by atoms with van der Waals surface area (Å²) >= 11 is 0. The van der Waals surface area contributed by atoms with Gasteiger partial charge in [0, 0.05) is 20.1 Å². The van der Waals surface area contributed by atoms with E-state index in [0.29, 0.717) is 0 Å². The van der Waals surface area contributed by atoms with Crippen LogP contribution in [-0.4, -0.2) is 25.1 Å². The minimum Gasteiger partial charge on any atom is -0.255 e. The van der Waals surface area contributed by atoms with Gasteiger partial charge in [-0.15, -0.1) is 6.58 Å². The molecular formula is C11H22N2. The number of unbranched alkanes of at least 4 members (excludes halogenated alkanes) is 2. The molecule has 0 aromatic heterocycles. The van der Waals surface area contributed by atoms with E-state index in [-0.39, 0.29) is 0 Å². The zero-order valence-electron chi connectivity index (χ0n) is 8.92. The molecule has 13 heavy (non-hydrogen) atoms. The Labute approximate surface area is 82.3 Å². The molecule has 0 aliphatic heterocycles. The van der Waals surface area contributed by atoms with Crippen LogP contribution in [0.3, 0.4) is 0 Å². The fourth-order valence-corrected chi connectivity index (χ4v) is 1.07. The lowest BCUT2D eigenvalue weighted by atomic mass is 10.2. The molecular weight excluding hydrogens is 160 g/mol. The van der Waals surface area contributed by atoms with Crippen LogP contribution in [0, 0.1) is 0 Å². The van der Waals surface area contributed by atoms with E-state index in [9.17, 15) is 0 Å². The number of nitrogens with one attached hydrogen (secondary N) is 1. The lowest BCUT2D eigenvalue weighted by molar-refractivity contribution is 0.268. The van der Waals surface area contributed by atoms with Crippen molar-refractivity contribution in [2.45, 2.75) is 26.2 Å². The lowest BCUT2D eigenvalue weighted by Gasteiger charge is -2.13. The molecule has 0 spiro atoms. The quantitative estimate of drug-likeness (QED) is 0.352. The molecule has 2 heteroatoms. The number of nitrogens with zero attached hydrogens (tertiary/aromatic N) is 1. The molecule has 0 saturated carbocycles. The van der Waals surface area contributed by atoms with Crippen molar-refractivity contribution >= 4 is 0 Å². The predicted molar refractivity (Wildman–Crippen MR) is 59.5 cm³/mol. The molecule has 0 rings (SSSR count). The van der Waals surface area contributed by atoms with Crippen molar-refractivity contribution in [1.82, 2.24) is 10.4 Å². The fourth-order valence-electron chi connectivity index (χ4n) is 1.07. The average molecular weight is 182 g/mol. The van der Waals surface area contributed by atoms with Gasteiger partial charge >= 0.3 is 0 Å². The molecule has 1 N–H and O–H groups in total. The van der Waals surface area contributed by atoms with Crippen molar-refractivity contribution in [2.24, 2.45) is 0 Å². The average Bonchev–Trinajstić information content (AvgIpc) is 2.11. The molecule has 0 aliphatic carbocycles. The van der Waals surface area contributed by atoms with Crippen LogP contribution in [-0.2, 0) is 0 Å². The molecule has 0 fully saturated rings. The third kappa shape index (κ3) is 9.31. The molecule has 0 saturated heterocycles. The Morgan fingerprint density at radius 3 is 2.69 bits per heavy atom. The number of allylic oxidation sites excluding steroid dienone is 2. The number of hydrazine groups is 1. The highest BCUT2D eigenvalue weighted by atomic mass is 15.5. The van der Waals surface area contributed by atoms with Gasteiger partial charge in [0.25, 0.3) is 0 Å². The number of likely N-dealkylation sites (N-methyl/N-ethyl adjacent to an activating group) is 1. The van der Waals surface area contributed by atoms with Gasteiger partial charge in [0.05, 0.1) is 0 Å². The van der Waals surface area contributed by atoms with Gasteiger partial charge in [-0.3, -0.25) is 5.43 Å². The van der Waals surface area contributed by atoms with Crippen molar-refractivity contribution in [3.05, 3.63) is 24.8 Å². The molecule has 0 amide bonds. The smallest absolute Gasteiger partial charge is 0.0308 e. The van der Waals surface area contributed by atoms with E-state index in [0.717, 1.165) is 25.9 Å². The van der Waals surface area contributed by atoms with Gasteiger partial charge in [-0.25, -0.2) is 5.01 Å². The summed E-state index contributed by atoms with van der Waals surface area (Å²) < 4.78 is 0. The van der Waals surface area contributed by atoms with Crippen LogP contribution in [0.1, 0.15) is 26.2 Å². The van der Waals surface area contributed by atoms with Crippen molar-refractivity contribution < 1.29 is 0 Å². The van der Waals surface area contributed by atoms with E-state index in [1.807, 2.05) is 6.08 Å². The molecule has 0 aliphatic rings. The van der Waals surface area contributed by atoms with Crippen LogP contribution in [0.5, 0.6) is 0 Å². The van der Waals surface area contributed by atoms with E-state index in [4.69, 9.17) is 0 Å². The van der Waals surface area contributed by atoms with Crippen LogP contribution in [0.25, 0.3) is 0 Å². The van der Waals surface area contributed by atoms with Crippen LogP contribution in [0.15, 0.2) is 24.8 Å². The van der Waals surface area contributed by atoms with Gasteiger partial charge in [0.15, 0.2) is 0 Å². The molecule has 0 radical (unpaired) electrons. The molecule has 2 nitrogen and oxygen atoms in total. The van der Waals surface area contributed by atoms with Crippen molar-refractivity contribution in [2.75, 3.05) is 20.1 Å². The second-order valence-electron chi connectivity index (χ2n) is 3.08. The molecule has 0 unspecified atom stereocenters.